The highest BCUT2D eigenvalue weighted by Gasteiger charge is 2.10. The summed E-state index contributed by atoms with van der Waals surface area (Å²) in [4.78, 5) is 0. The average Bonchev–Trinajstić information content (AvgIpc) is 3.04. The summed E-state index contributed by atoms with van der Waals surface area (Å²) in [5, 5.41) is 7.24. The number of ether oxygens (including phenoxy) is 2. The second-order valence-corrected chi connectivity index (χ2v) is 4.62. The maximum Gasteiger partial charge on any atom is 0.119 e. The molecule has 0 fully saturated rings. The van der Waals surface area contributed by atoms with Crippen molar-refractivity contribution in [3.63, 3.8) is 0 Å². The highest BCUT2D eigenvalue weighted by molar-refractivity contribution is 5.80. The van der Waals surface area contributed by atoms with Crippen molar-refractivity contribution in [2.75, 3.05) is 14.2 Å². The number of methoxy groups -OCH3 is 2. The average molecular weight is 280 g/mol. The third kappa shape index (κ3) is 2.60. The Morgan fingerprint density at radius 3 is 2.33 bits per heavy atom. The lowest BCUT2D eigenvalue weighted by atomic mass is 10.0. The number of nitrogens with one attached hydrogen (secondary N) is 1. The number of rotatable bonds is 4. The van der Waals surface area contributed by atoms with Gasteiger partial charge < -0.3 is 9.47 Å². The molecule has 0 amide bonds. The van der Waals surface area contributed by atoms with Crippen LogP contribution in [0.1, 0.15) is 0 Å². The summed E-state index contributed by atoms with van der Waals surface area (Å²) in [5.41, 5.74) is 4.14. The summed E-state index contributed by atoms with van der Waals surface area (Å²) in [5.74, 6) is 1.66. The molecular formula is C17H16N2O2. The number of aromatic amines is 1. The van der Waals surface area contributed by atoms with Gasteiger partial charge in [0.25, 0.3) is 0 Å². The molecule has 1 aromatic heterocycles. The molecule has 3 aromatic rings. The van der Waals surface area contributed by atoms with E-state index in [4.69, 9.17) is 9.47 Å². The summed E-state index contributed by atoms with van der Waals surface area (Å²) in [6.07, 6.45) is 1.83. The Kier molecular flexibility index (Phi) is 3.60. The molecule has 106 valence electrons. The maximum atomic E-state index is 5.28. The van der Waals surface area contributed by atoms with Crippen molar-refractivity contribution >= 4 is 0 Å². The lowest BCUT2D eigenvalue weighted by molar-refractivity contribution is 0.415. The number of hydrogen-bond donors (Lipinski definition) is 1. The predicted molar refractivity (Wildman–Crippen MR) is 82.6 cm³/mol. The zero-order valence-electron chi connectivity index (χ0n) is 12.0. The van der Waals surface area contributed by atoms with Crippen molar-refractivity contribution in [2.24, 2.45) is 0 Å². The Bertz CT molecular complexity index is 733. The molecule has 0 bridgehead atoms. The highest BCUT2D eigenvalue weighted by Crippen LogP contribution is 2.32. The van der Waals surface area contributed by atoms with Gasteiger partial charge in [-0.3, -0.25) is 5.10 Å². The van der Waals surface area contributed by atoms with E-state index in [1.165, 1.54) is 0 Å². The molecular weight excluding hydrogens is 264 g/mol. The van der Waals surface area contributed by atoms with Crippen molar-refractivity contribution in [2.45, 2.75) is 0 Å². The summed E-state index contributed by atoms with van der Waals surface area (Å²) in [6.45, 7) is 0. The van der Waals surface area contributed by atoms with Crippen LogP contribution in [0.4, 0.5) is 0 Å². The zero-order valence-corrected chi connectivity index (χ0v) is 12.0. The van der Waals surface area contributed by atoms with Crippen LogP contribution in [0.15, 0.2) is 54.7 Å². The van der Waals surface area contributed by atoms with Crippen LogP contribution in [0.5, 0.6) is 11.5 Å². The van der Waals surface area contributed by atoms with Gasteiger partial charge in [-0.15, -0.1) is 0 Å². The minimum Gasteiger partial charge on any atom is -0.497 e. The van der Waals surface area contributed by atoms with E-state index in [1.54, 1.807) is 14.2 Å². The van der Waals surface area contributed by atoms with E-state index in [0.29, 0.717) is 0 Å². The molecule has 0 radical (unpaired) electrons. The van der Waals surface area contributed by atoms with Crippen LogP contribution in [-0.4, -0.2) is 24.4 Å². The van der Waals surface area contributed by atoms with Crippen molar-refractivity contribution in [3.05, 3.63) is 54.7 Å². The normalized spacial score (nSPS) is 10.4. The Balaban J connectivity index is 2.03. The molecule has 0 spiro atoms. The van der Waals surface area contributed by atoms with Gasteiger partial charge in [0.2, 0.25) is 0 Å². The van der Waals surface area contributed by atoms with Crippen LogP contribution < -0.4 is 9.47 Å². The van der Waals surface area contributed by atoms with Crippen molar-refractivity contribution in [1.29, 1.82) is 0 Å². The third-order valence-electron chi connectivity index (χ3n) is 3.40. The van der Waals surface area contributed by atoms with Crippen LogP contribution >= 0.6 is 0 Å². The molecule has 0 atom stereocenters. The van der Waals surface area contributed by atoms with Gasteiger partial charge in [-0.2, -0.15) is 5.10 Å². The highest BCUT2D eigenvalue weighted by atomic mass is 16.5. The molecule has 0 saturated heterocycles. The van der Waals surface area contributed by atoms with E-state index in [0.717, 1.165) is 33.9 Å². The van der Waals surface area contributed by atoms with Crippen LogP contribution in [0.25, 0.3) is 22.4 Å². The number of hydrogen-bond acceptors (Lipinski definition) is 3. The van der Waals surface area contributed by atoms with Gasteiger partial charge in [-0.1, -0.05) is 24.3 Å². The maximum absolute atomic E-state index is 5.28. The van der Waals surface area contributed by atoms with E-state index in [9.17, 15) is 0 Å². The number of H-pyrrole nitrogens is 1. The van der Waals surface area contributed by atoms with Crippen molar-refractivity contribution < 1.29 is 9.47 Å². The first-order valence-corrected chi connectivity index (χ1v) is 6.64. The van der Waals surface area contributed by atoms with Gasteiger partial charge in [-0.25, -0.2) is 0 Å². The summed E-state index contributed by atoms with van der Waals surface area (Å²) in [7, 11) is 3.32. The molecule has 1 N–H and O–H groups in total. The van der Waals surface area contributed by atoms with Crippen molar-refractivity contribution in [3.8, 4) is 33.9 Å². The molecule has 2 aromatic carbocycles. The lowest BCUT2D eigenvalue weighted by Crippen LogP contribution is -1.86. The van der Waals surface area contributed by atoms with Gasteiger partial charge in [-0.05, 0) is 29.8 Å². The predicted octanol–water partition coefficient (Wildman–Crippen LogP) is 3.76. The SMILES string of the molecule is COc1ccc(-c2cn[nH]c2-c2cccc(OC)c2)cc1. The summed E-state index contributed by atoms with van der Waals surface area (Å²) < 4.78 is 10.5. The van der Waals surface area contributed by atoms with Gasteiger partial charge in [0.05, 0.1) is 26.1 Å². The molecule has 0 unspecified atom stereocenters. The van der Waals surface area contributed by atoms with Gasteiger partial charge >= 0.3 is 0 Å². The largest absolute Gasteiger partial charge is 0.497 e. The van der Waals surface area contributed by atoms with Gasteiger partial charge in [0.1, 0.15) is 11.5 Å². The van der Waals surface area contributed by atoms with Gasteiger partial charge in [0, 0.05) is 11.1 Å². The van der Waals surface area contributed by atoms with Crippen LogP contribution in [0.2, 0.25) is 0 Å². The first-order chi connectivity index (χ1) is 10.3. The topological polar surface area (TPSA) is 47.1 Å². The molecule has 0 saturated carbocycles. The van der Waals surface area contributed by atoms with E-state index in [-0.39, 0.29) is 0 Å². The first kappa shape index (κ1) is 13.2. The van der Waals surface area contributed by atoms with Crippen LogP contribution in [0.3, 0.4) is 0 Å². The van der Waals surface area contributed by atoms with E-state index < -0.39 is 0 Å². The fourth-order valence-electron chi connectivity index (χ4n) is 2.27. The quantitative estimate of drug-likeness (QED) is 0.791. The number of benzene rings is 2. The summed E-state index contributed by atoms with van der Waals surface area (Å²) >= 11 is 0. The van der Waals surface area contributed by atoms with E-state index in [2.05, 4.69) is 10.2 Å². The molecule has 21 heavy (non-hydrogen) atoms. The van der Waals surface area contributed by atoms with Gasteiger partial charge in [0.15, 0.2) is 0 Å². The molecule has 4 nitrogen and oxygen atoms in total. The summed E-state index contributed by atoms with van der Waals surface area (Å²) in [6, 6.07) is 15.8. The molecule has 3 rings (SSSR count). The third-order valence-corrected chi connectivity index (χ3v) is 3.40. The fourth-order valence-corrected chi connectivity index (χ4v) is 2.27. The Morgan fingerprint density at radius 1 is 0.857 bits per heavy atom. The Labute approximate surface area is 123 Å². The molecule has 0 aliphatic heterocycles. The lowest BCUT2D eigenvalue weighted by Gasteiger charge is -2.06. The van der Waals surface area contributed by atoms with E-state index >= 15 is 0 Å². The van der Waals surface area contributed by atoms with E-state index in [1.807, 2.05) is 54.7 Å². The monoisotopic (exact) mass is 280 g/mol. The molecule has 0 aliphatic carbocycles. The smallest absolute Gasteiger partial charge is 0.119 e. The molecule has 1 heterocycles. The second-order valence-electron chi connectivity index (χ2n) is 4.62. The van der Waals surface area contributed by atoms with Crippen LogP contribution in [-0.2, 0) is 0 Å². The second kappa shape index (κ2) is 5.71. The standard InChI is InChI=1S/C17H16N2O2/c1-20-14-8-6-12(7-9-14)16-11-18-19-17(16)13-4-3-5-15(10-13)21-2/h3-11H,1-2H3,(H,18,19). The Morgan fingerprint density at radius 2 is 1.62 bits per heavy atom. The minimum absolute atomic E-state index is 0.822. The van der Waals surface area contributed by atoms with Crippen molar-refractivity contribution in [1.82, 2.24) is 10.2 Å². The minimum atomic E-state index is 0.822. The fraction of sp³-hybridized carbons (Fsp3) is 0.118. The first-order valence-electron chi connectivity index (χ1n) is 6.64. The number of aromatic nitrogens is 2. The molecule has 0 aliphatic rings. The number of nitrogens with zero attached hydrogens (tertiary/aromatic N) is 1. The molecule has 4 heteroatoms. The van der Waals surface area contributed by atoms with Crippen LogP contribution in [0, 0.1) is 0 Å². The zero-order chi connectivity index (χ0) is 14.7. The Hall–Kier alpha value is -2.75.